The zero-order chi connectivity index (χ0) is 10.9. The van der Waals surface area contributed by atoms with Gasteiger partial charge in [0.05, 0.1) is 0 Å². The summed E-state index contributed by atoms with van der Waals surface area (Å²) in [4.78, 5) is 20.9. The Hall–Kier alpha value is -1.33. The first-order valence-electron chi connectivity index (χ1n) is 3.46. The molecule has 0 heterocycles. The van der Waals surface area contributed by atoms with E-state index in [1.807, 2.05) is 0 Å². The molecule has 10 heteroatoms. The van der Waals surface area contributed by atoms with E-state index in [0.717, 1.165) is 0 Å². The van der Waals surface area contributed by atoms with Gasteiger partial charge in [0.25, 0.3) is 0 Å². The van der Waals surface area contributed by atoms with Gasteiger partial charge in [-0.2, -0.15) is 0 Å². The maximum atomic E-state index is 10.4. The molecular formula is C8H10Ni2O8. The summed E-state index contributed by atoms with van der Waals surface area (Å²) in [5.41, 5.74) is -1.10. The monoisotopic (exact) mass is 350 g/mol. The van der Waals surface area contributed by atoms with Crippen LogP contribution in [0.4, 0.5) is 0 Å². The standard InChI is InChI=1S/C8H6O6.2Ni.2H2O/c9-5-1-3(7(11)12)6(10)2-4(5)8(13)14;;;;/h1-2,9-10H,(H,11,12)(H,13,14);;;2*1H2. The second kappa shape index (κ2) is 9.67. The number of carboxylic acids is 2. The van der Waals surface area contributed by atoms with Crippen LogP contribution in [-0.4, -0.2) is 43.3 Å². The van der Waals surface area contributed by atoms with Crippen LogP contribution in [0.15, 0.2) is 12.1 Å². The third kappa shape index (κ3) is 5.33. The number of hydrogen-bond donors (Lipinski definition) is 4. The summed E-state index contributed by atoms with van der Waals surface area (Å²) in [6.07, 6.45) is 0. The maximum Gasteiger partial charge on any atom is 0.339 e. The van der Waals surface area contributed by atoms with E-state index in [2.05, 4.69) is 0 Å². The molecule has 0 aliphatic rings. The van der Waals surface area contributed by atoms with Crippen LogP contribution in [0.25, 0.3) is 0 Å². The fourth-order valence-electron chi connectivity index (χ4n) is 0.919. The number of carbonyl (C=O) groups is 2. The Morgan fingerprint density at radius 2 is 1.00 bits per heavy atom. The molecule has 1 aromatic carbocycles. The van der Waals surface area contributed by atoms with Crippen LogP contribution in [-0.2, 0) is 33.0 Å². The molecule has 110 valence electrons. The van der Waals surface area contributed by atoms with Crippen molar-refractivity contribution in [3.8, 4) is 11.5 Å². The number of hydrogen-bond acceptors (Lipinski definition) is 4. The Morgan fingerprint density at radius 1 is 0.778 bits per heavy atom. The number of carboxylic acid groups (broad SMARTS) is 2. The van der Waals surface area contributed by atoms with Gasteiger partial charge in [0.2, 0.25) is 0 Å². The molecule has 0 aliphatic heterocycles. The summed E-state index contributed by atoms with van der Waals surface area (Å²) >= 11 is 0. The van der Waals surface area contributed by atoms with Gasteiger partial charge in [-0.15, -0.1) is 0 Å². The smallest absolute Gasteiger partial charge is 0.339 e. The van der Waals surface area contributed by atoms with Gasteiger partial charge in [0.1, 0.15) is 22.6 Å². The third-order valence-electron chi connectivity index (χ3n) is 1.57. The van der Waals surface area contributed by atoms with Crippen molar-refractivity contribution in [1.29, 1.82) is 0 Å². The average Bonchev–Trinajstić information content (AvgIpc) is 2.07. The maximum absolute atomic E-state index is 10.4. The van der Waals surface area contributed by atoms with E-state index >= 15 is 0 Å². The zero-order valence-electron chi connectivity index (χ0n) is 8.39. The minimum atomic E-state index is -1.45. The van der Waals surface area contributed by atoms with Gasteiger partial charge in [0, 0.05) is 33.0 Å². The number of aromatic hydroxyl groups is 2. The van der Waals surface area contributed by atoms with E-state index in [-0.39, 0.29) is 43.9 Å². The SMILES string of the molecule is O.O.O=C(O)c1cc(O)c(C(=O)O)cc1O.[Ni].[Ni]. The zero-order valence-corrected chi connectivity index (χ0v) is 10.4. The van der Waals surface area contributed by atoms with Crippen LogP contribution in [0, 0.1) is 0 Å². The fourth-order valence-corrected chi connectivity index (χ4v) is 0.919. The summed E-state index contributed by atoms with van der Waals surface area (Å²) in [5, 5.41) is 35.2. The summed E-state index contributed by atoms with van der Waals surface area (Å²) < 4.78 is 0. The number of aromatic carboxylic acids is 2. The molecule has 1 rings (SSSR count). The van der Waals surface area contributed by atoms with E-state index in [0.29, 0.717) is 12.1 Å². The van der Waals surface area contributed by atoms with Crippen molar-refractivity contribution < 1.29 is 74.0 Å². The van der Waals surface area contributed by atoms with E-state index in [4.69, 9.17) is 20.4 Å². The molecule has 0 unspecified atom stereocenters. The summed E-state index contributed by atoms with van der Waals surface area (Å²) in [5.74, 6) is -4.30. The van der Waals surface area contributed by atoms with Crippen LogP contribution in [0.1, 0.15) is 20.7 Å². The Bertz CT molecular complexity index is 380. The summed E-state index contributed by atoms with van der Waals surface area (Å²) in [6, 6.07) is 1.36. The minimum Gasteiger partial charge on any atom is -0.507 e. The Morgan fingerprint density at radius 3 is 1.17 bits per heavy atom. The van der Waals surface area contributed by atoms with E-state index in [9.17, 15) is 9.59 Å². The van der Waals surface area contributed by atoms with Gasteiger partial charge in [-0.25, -0.2) is 9.59 Å². The van der Waals surface area contributed by atoms with Crippen molar-refractivity contribution in [3.05, 3.63) is 23.3 Å². The first kappa shape index (κ1) is 25.5. The van der Waals surface area contributed by atoms with Crippen molar-refractivity contribution in [2.45, 2.75) is 0 Å². The molecule has 0 saturated carbocycles. The van der Waals surface area contributed by atoms with Crippen molar-refractivity contribution >= 4 is 11.9 Å². The average molecular weight is 352 g/mol. The molecule has 0 bridgehead atoms. The topological polar surface area (TPSA) is 178 Å². The van der Waals surface area contributed by atoms with Crippen LogP contribution in [0.5, 0.6) is 11.5 Å². The predicted octanol–water partition coefficient (Wildman–Crippen LogP) is -1.16. The van der Waals surface area contributed by atoms with Gasteiger partial charge in [0.15, 0.2) is 0 Å². The first-order valence-corrected chi connectivity index (χ1v) is 3.46. The van der Waals surface area contributed by atoms with E-state index in [1.54, 1.807) is 0 Å². The molecular weight excluding hydrogens is 341 g/mol. The molecule has 8 N–H and O–H groups in total. The molecule has 0 atom stereocenters. The Kier molecular flexibility index (Phi) is 13.7. The van der Waals surface area contributed by atoms with Gasteiger partial charge in [-0.05, 0) is 12.1 Å². The molecule has 0 aliphatic carbocycles. The minimum absolute atomic E-state index is 0. The molecule has 0 fully saturated rings. The van der Waals surface area contributed by atoms with Crippen molar-refractivity contribution in [1.82, 2.24) is 0 Å². The third-order valence-corrected chi connectivity index (χ3v) is 1.57. The van der Waals surface area contributed by atoms with Crippen LogP contribution < -0.4 is 0 Å². The fraction of sp³-hybridized carbons (Fsp3) is 0. The molecule has 0 saturated heterocycles. The summed E-state index contributed by atoms with van der Waals surface area (Å²) in [7, 11) is 0. The van der Waals surface area contributed by atoms with Crippen molar-refractivity contribution in [2.75, 3.05) is 0 Å². The molecule has 0 aromatic heterocycles. The second-order valence-corrected chi connectivity index (χ2v) is 2.50. The largest absolute Gasteiger partial charge is 0.507 e. The van der Waals surface area contributed by atoms with Crippen molar-refractivity contribution in [3.63, 3.8) is 0 Å². The normalized spacial score (nSPS) is 7.56. The quantitative estimate of drug-likeness (QED) is 0.385. The van der Waals surface area contributed by atoms with Crippen LogP contribution in [0.2, 0.25) is 0 Å². The van der Waals surface area contributed by atoms with Crippen molar-refractivity contribution in [2.24, 2.45) is 0 Å². The van der Waals surface area contributed by atoms with Gasteiger partial charge in [-0.1, -0.05) is 0 Å². The number of benzene rings is 1. The molecule has 0 spiro atoms. The molecule has 0 amide bonds. The Balaban J connectivity index is -0.000000245. The molecule has 18 heavy (non-hydrogen) atoms. The predicted molar refractivity (Wildman–Crippen MR) is 50.9 cm³/mol. The molecule has 8 nitrogen and oxygen atoms in total. The second-order valence-electron chi connectivity index (χ2n) is 2.50. The van der Waals surface area contributed by atoms with Crippen LogP contribution in [0.3, 0.4) is 0 Å². The van der Waals surface area contributed by atoms with Crippen LogP contribution >= 0.6 is 0 Å². The number of phenols is 2. The summed E-state index contributed by atoms with van der Waals surface area (Å²) in [6.45, 7) is 0. The Labute approximate surface area is 121 Å². The molecule has 0 radical (unpaired) electrons. The molecule has 1 aromatic rings. The number of rotatable bonds is 2. The van der Waals surface area contributed by atoms with Gasteiger partial charge >= 0.3 is 11.9 Å². The van der Waals surface area contributed by atoms with Gasteiger partial charge < -0.3 is 31.4 Å². The first-order chi connectivity index (χ1) is 6.43. The van der Waals surface area contributed by atoms with E-state index < -0.39 is 34.6 Å². The van der Waals surface area contributed by atoms with Gasteiger partial charge in [-0.3, -0.25) is 0 Å². The van der Waals surface area contributed by atoms with E-state index in [1.165, 1.54) is 0 Å².